The summed E-state index contributed by atoms with van der Waals surface area (Å²) in [5, 5.41) is 2.68. The molecule has 0 saturated carbocycles. The van der Waals surface area contributed by atoms with Crippen molar-refractivity contribution in [3.8, 4) is 0 Å². The number of amides is 1. The number of nitrogens with zero attached hydrogens (tertiary/aromatic N) is 2. The zero-order chi connectivity index (χ0) is 12.0. The average Bonchev–Trinajstić information content (AvgIpc) is 2.88. The number of aromatic nitrogens is 2. The lowest BCUT2D eigenvalue weighted by molar-refractivity contribution is -0.672. The SMILES string of the molecule is C=Cc1n(C=C)cc[n+]1C.O=C1CCCN1.[Cl-]. The molecule has 0 spiro atoms. The number of carbonyl (C=O) groups is 1. The topological polar surface area (TPSA) is 37.9 Å². The minimum Gasteiger partial charge on any atom is -1.00 e. The van der Waals surface area contributed by atoms with Gasteiger partial charge < -0.3 is 17.7 Å². The Morgan fingerprint density at radius 1 is 1.53 bits per heavy atom. The van der Waals surface area contributed by atoms with E-state index in [-0.39, 0.29) is 18.3 Å². The minimum absolute atomic E-state index is 0. The summed E-state index contributed by atoms with van der Waals surface area (Å²) in [6, 6.07) is 0. The summed E-state index contributed by atoms with van der Waals surface area (Å²) < 4.78 is 3.89. The van der Waals surface area contributed by atoms with Crippen molar-refractivity contribution in [1.29, 1.82) is 0 Å². The van der Waals surface area contributed by atoms with E-state index in [1.54, 1.807) is 12.3 Å². The second kappa shape index (κ2) is 7.68. The van der Waals surface area contributed by atoms with Crippen molar-refractivity contribution in [3.63, 3.8) is 0 Å². The fourth-order valence-electron chi connectivity index (χ4n) is 1.48. The summed E-state index contributed by atoms with van der Waals surface area (Å²) in [6.45, 7) is 8.23. The van der Waals surface area contributed by atoms with Crippen LogP contribution in [-0.4, -0.2) is 17.0 Å². The Bertz CT molecular complexity index is 390. The first-order valence-corrected chi connectivity index (χ1v) is 5.27. The maximum atomic E-state index is 10.1. The first-order chi connectivity index (χ1) is 7.69. The van der Waals surface area contributed by atoms with Crippen LogP contribution in [0.1, 0.15) is 18.7 Å². The van der Waals surface area contributed by atoms with Gasteiger partial charge in [0, 0.05) is 19.0 Å². The number of rotatable bonds is 2. The van der Waals surface area contributed by atoms with E-state index in [9.17, 15) is 4.79 Å². The van der Waals surface area contributed by atoms with Crippen LogP contribution in [0.5, 0.6) is 0 Å². The van der Waals surface area contributed by atoms with Crippen molar-refractivity contribution < 1.29 is 21.8 Å². The van der Waals surface area contributed by atoms with Gasteiger partial charge >= 0.3 is 0 Å². The van der Waals surface area contributed by atoms with E-state index in [0.29, 0.717) is 0 Å². The van der Waals surface area contributed by atoms with Gasteiger partial charge in [0.2, 0.25) is 5.91 Å². The highest BCUT2D eigenvalue weighted by molar-refractivity contribution is 5.77. The van der Waals surface area contributed by atoms with E-state index in [0.717, 1.165) is 25.2 Å². The van der Waals surface area contributed by atoms with Crippen molar-refractivity contribution in [2.24, 2.45) is 7.05 Å². The third-order valence-corrected chi connectivity index (χ3v) is 2.36. The highest BCUT2D eigenvalue weighted by Gasteiger charge is 2.06. The van der Waals surface area contributed by atoms with E-state index in [1.165, 1.54) is 0 Å². The molecular weight excluding hydrogens is 238 g/mol. The molecule has 1 aromatic rings. The van der Waals surface area contributed by atoms with Crippen LogP contribution in [0.2, 0.25) is 0 Å². The molecule has 4 nitrogen and oxygen atoms in total. The van der Waals surface area contributed by atoms with Crippen molar-refractivity contribution in [1.82, 2.24) is 9.88 Å². The summed E-state index contributed by atoms with van der Waals surface area (Å²) in [5.74, 6) is 1.24. The Morgan fingerprint density at radius 2 is 2.24 bits per heavy atom. The molecule has 1 saturated heterocycles. The van der Waals surface area contributed by atoms with Gasteiger partial charge in [-0.1, -0.05) is 13.2 Å². The molecule has 1 aliphatic heterocycles. The summed E-state index contributed by atoms with van der Waals surface area (Å²) >= 11 is 0. The fraction of sp³-hybridized carbons (Fsp3) is 0.333. The standard InChI is InChI=1S/C8H11N2.C4H7NO.ClH/c1-4-8-9(3)6-7-10(8)5-2;6-4-2-1-3-5-4;/h4-7H,1-2H2,3H3;1-3H2,(H,5,6);1H/q+1;;/p-1. The molecule has 1 aliphatic rings. The normalized spacial score (nSPS) is 12.9. The van der Waals surface area contributed by atoms with Gasteiger partial charge in [-0.2, -0.15) is 0 Å². The van der Waals surface area contributed by atoms with E-state index >= 15 is 0 Å². The van der Waals surface area contributed by atoms with E-state index in [4.69, 9.17) is 0 Å². The van der Waals surface area contributed by atoms with Crippen LogP contribution < -0.4 is 22.3 Å². The molecule has 1 aromatic heterocycles. The number of aryl methyl sites for hydroxylation is 1. The largest absolute Gasteiger partial charge is 1.00 e. The predicted molar refractivity (Wildman–Crippen MR) is 64.3 cm³/mol. The molecule has 17 heavy (non-hydrogen) atoms. The second-order valence-electron chi connectivity index (χ2n) is 3.51. The number of nitrogens with one attached hydrogen (secondary N) is 1. The van der Waals surface area contributed by atoms with Gasteiger partial charge in [0.15, 0.2) is 0 Å². The number of hydrogen-bond acceptors (Lipinski definition) is 1. The van der Waals surface area contributed by atoms with E-state index < -0.39 is 0 Å². The van der Waals surface area contributed by atoms with Gasteiger partial charge in [0.25, 0.3) is 5.82 Å². The molecule has 0 unspecified atom stereocenters. The van der Waals surface area contributed by atoms with Gasteiger partial charge in [-0.25, -0.2) is 9.13 Å². The minimum atomic E-state index is 0. The highest BCUT2D eigenvalue weighted by atomic mass is 35.5. The molecule has 1 N–H and O–H groups in total. The van der Waals surface area contributed by atoms with Crippen molar-refractivity contribution >= 4 is 18.2 Å². The van der Waals surface area contributed by atoms with Crippen LogP contribution in [0.25, 0.3) is 12.3 Å². The van der Waals surface area contributed by atoms with Crippen LogP contribution in [0.4, 0.5) is 0 Å². The third kappa shape index (κ3) is 4.44. The molecule has 1 fully saturated rings. The lowest BCUT2D eigenvalue weighted by atomic mass is 10.4. The zero-order valence-corrected chi connectivity index (χ0v) is 10.8. The highest BCUT2D eigenvalue weighted by Crippen LogP contribution is 1.95. The number of halogens is 1. The fourth-order valence-corrected chi connectivity index (χ4v) is 1.48. The van der Waals surface area contributed by atoms with Crippen molar-refractivity contribution in [3.05, 3.63) is 31.4 Å². The lowest BCUT2D eigenvalue weighted by Gasteiger charge is -1.87. The molecule has 0 aromatic carbocycles. The zero-order valence-electron chi connectivity index (χ0n) is 10.0. The maximum absolute atomic E-state index is 10.1. The van der Waals surface area contributed by atoms with Crippen LogP contribution in [0.15, 0.2) is 25.6 Å². The molecule has 0 atom stereocenters. The molecule has 0 aliphatic carbocycles. The monoisotopic (exact) mass is 255 g/mol. The first-order valence-electron chi connectivity index (χ1n) is 5.27. The Hall–Kier alpha value is -1.55. The van der Waals surface area contributed by atoms with Gasteiger partial charge in [-0.3, -0.25) is 4.79 Å². The molecule has 0 radical (unpaired) electrons. The predicted octanol–water partition coefficient (Wildman–Crippen LogP) is -2.04. The molecule has 0 bridgehead atoms. The molecule has 5 heteroatoms. The molecular formula is C12H18ClN3O. The van der Waals surface area contributed by atoms with Crippen LogP contribution >= 0.6 is 0 Å². The van der Waals surface area contributed by atoms with Gasteiger partial charge in [-0.15, -0.1) is 0 Å². The molecule has 1 amide bonds. The third-order valence-electron chi connectivity index (χ3n) is 2.36. The first kappa shape index (κ1) is 15.4. The Balaban J connectivity index is 0.000000316. The van der Waals surface area contributed by atoms with E-state index in [1.807, 2.05) is 28.6 Å². The molecule has 2 heterocycles. The Labute approximate surface area is 108 Å². The summed E-state index contributed by atoms with van der Waals surface area (Å²) in [5.41, 5.74) is 0. The number of carbonyl (C=O) groups excluding carboxylic acids is 1. The van der Waals surface area contributed by atoms with Gasteiger partial charge in [-0.05, 0) is 6.42 Å². The quantitative estimate of drug-likeness (QED) is 0.608. The molecule has 94 valence electrons. The number of imidazole rings is 1. The van der Waals surface area contributed by atoms with Gasteiger partial charge in [0.1, 0.15) is 12.4 Å². The smallest absolute Gasteiger partial charge is 0.285 e. The number of hydrogen-bond donors (Lipinski definition) is 1. The van der Waals surface area contributed by atoms with Crippen LogP contribution in [-0.2, 0) is 11.8 Å². The summed E-state index contributed by atoms with van der Waals surface area (Å²) in [7, 11) is 1.97. The van der Waals surface area contributed by atoms with E-state index in [2.05, 4.69) is 18.5 Å². The van der Waals surface area contributed by atoms with Crippen molar-refractivity contribution in [2.75, 3.05) is 6.54 Å². The van der Waals surface area contributed by atoms with Crippen LogP contribution in [0.3, 0.4) is 0 Å². The average molecular weight is 256 g/mol. The lowest BCUT2D eigenvalue weighted by Crippen LogP contribution is -3.00. The van der Waals surface area contributed by atoms with Crippen molar-refractivity contribution in [2.45, 2.75) is 12.8 Å². The molecule has 2 rings (SSSR count). The summed E-state index contributed by atoms with van der Waals surface area (Å²) in [6.07, 6.45) is 9.19. The Kier molecular flexibility index (Phi) is 6.98. The Morgan fingerprint density at radius 3 is 2.53 bits per heavy atom. The maximum Gasteiger partial charge on any atom is 0.285 e. The summed E-state index contributed by atoms with van der Waals surface area (Å²) in [4.78, 5) is 10.1. The second-order valence-corrected chi connectivity index (χ2v) is 3.51. The van der Waals surface area contributed by atoms with Gasteiger partial charge in [0.05, 0.1) is 13.2 Å². The van der Waals surface area contributed by atoms with Crippen LogP contribution in [0, 0.1) is 0 Å².